The molecule has 0 aromatic heterocycles. The molecule has 0 saturated carbocycles. The van der Waals surface area contributed by atoms with Gasteiger partial charge in [0.1, 0.15) is 5.41 Å². The lowest BCUT2D eigenvalue weighted by Crippen LogP contribution is -2.41. The zero-order valence-electron chi connectivity index (χ0n) is 8.29. The smallest absolute Gasteiger partial charge is 0.240 e. The maximum Gasteiger partial charge on any atom is 0.240 e. The van der Waals surface area contributed by atoms with Crippen LogP contribution >= 0.6 is 0 Å². The summed E-state index contributed by atoms with van der Waals surface area (Å²) in [5, 5.41) is 19.9. The SMILES string of the molecule is CC(CCO)NC(=O)C(C)(C)C#N. The highest BCUT2D eigenvalue weighted by Gasteiger charge is 2.27. The molecular formula is C9H16N2O2. The Hall–Kier alpha value is -1.08. The van der Waals surface area contributed by atoms with Crippen LogP contribution in [0.4, 0.5) is 0 Å². The maximum atomic E-state index is 11.4. The zero-order valence-corrected chi connectivity index (χ0v) is 8.29. The van der Waals surface area contributed by atoms with Crippen molar-refractivity contribution < 1.29 is 9.90 Å². The number of nitriles is 1. The molecule has 13 heavy (non-hydrogen) atoms. The molecule has 74 valence electrons. The molecule has 1 unspecified atom stereocenters. The number of hydrogen-bond donors (Lipinski definition) is 2. The highest BCUT2D eigenvalue weighted by atomic mass is 16.3. The first kappa shape index (κ1) is 11.9. The number of carbonyl (C=O) groups excluding carboxylic acids is 1. The van der Waals surface area contributed by atoms with Crippen LogP contribution in [-0.2, 0) is 4.79 Å². The van der Waals surface area contributed by atoms with Crippen LogP contribution < -0.4 is 5.32 Å². The Labute approximate surface area is 78.6 Å². The topological polar surface area (TPSA) is 73.1 Å². The second-order valence-corrected chi connectivity index (χ2v) is 3.62. The van der Waals surface area contributed by atoms with Gasteiger partial charge in [0.05, 0.1) is 6.07 Å². The van der Waals surface area contributed by atoms with E-state index in [0.29, 0.717) is 6.42 Å². The van der Waals surface area contributed by atoms with E-state index in [1.807, 2.05) is 6.07 Å². The fourth-order valence-corrected chi connectivity index (χ4v) is 0.721. The Kier molecular flexibility index (Phi) is 4.43. The molecule has 0 spiro atoms. The van der Waals surface area contributed by atoms with Crippen LogP contribution in [0.3, 0.4) is 0 Å². The van der Waals surface area contributed by atoms with E-state index in [1.54, 1.807) is 20.8 Å². The van der Waals surface area contributed by atoms with E-state index in [9.17, 15) is 4.79 Å². The molecule has 0 bridgehead atoms. The van der Waals surface area contributed by atoms with Crippen molar-refractivity contribution in [2.45, 2.75) is 33.2 Å². The summed E-state index contributed by atoms with van der Waals surface area (Å²) in [4.78, 5) is 11.4. The highest BCUT2D eigenvalue weighted by molar-refractivity contribution is 5.84. The summed E-state index contributed by atoms with van der Waals surface area (Å²) in [6.45, 7) is 4.96. The third-order valence-corrected chi connectivity index (χ3v) is 1.79. The minimum absolute atomic E-state index is 0.0361. The number of carbonyl (C=O) groups is 1. The van der Waals surface area contributed by atoms with Gasteiger partial charge in [-0.05, 0) is 27.2 Å². The molecule has 0 aromatic carbocycles. The summed E-state index contributed by atoms with van der Waals surface area (Å²) >= 11 is 0. The van der Waals surface area contributed by atoms with Gasteiger partial charge in [-0.1, -0.05) is 0 Å². The molecule has 1 atom stereocenters. The lowest BCUT2D eigenvalue weighted by Gasteiger charge is -2.19. The molecule has 0 fully saturated rings. The minimum atomic E-state index is -0.996. The normalized spacial score (nSPS) is 13.2. The van der Waals surface area contributed by atoms with Gasteiger partial charge < -0.3 is 10.4 Å². The van der Waals surface area contributed by atoms with E-state index in [0.717, 1.165) is 0 Å². The van der Waals surface area contributed by atoms with Crippen LogP contribution in [0.25, 0.3) is 0 Å². The van der Waals surface area contributed by atoms with Gasteiger partial charge in [0, 0.05) is 12.6 Å². The Morgan fingerprint density at radius 3 is 2.62 bits per heavy atom. The lowest BCUT2D eigenvalue weighted by atomic mass is 9.94. The predicted molar refractivity (Wildman–Crippen MR) is 48.7 cm³/mol. The van der Waals surface area contributed by atoms with E-state index < -0.39 is 5.41 Å². The molecule has 4 heteroatoms. The van der Waals surface area contributed by atoms with Crippen molar-refractivity contribution >= 4 is 5.91 Å². The average molecular weight is 184 g/mol. The number of aliphatic hydroxyl groups excluding tert-OH is 1. The highest BCUT2D eigenvalue weighted by Crippen LogP contribution is 2.13. The first-order valence-electron chi connectivity index (χ1n) is 4.27. The van der Waals surface area contributed by atoms with Crippen molar-refractivity contribution in [1.82, 2.24) is 5.32 Å². The van der Waals surface area contributed by atoms with Crippen molar-refractivity contribution in [2.75, 3.05) is 6.61 Å². The number of aliphatic hydroxyl groups is 1. The van der Waals surface area contributed by atoms with Crippen molar-refractivity contribution in [3.05, 3.63) is 0 Å². The predicted octanol–water partition coefficient (Wildman–Crippen LogP) is 0.423. The van der Waals surface area contributed by atoms with E-state index in [4.69, 9.17) is 10.4 Å². The van der Waals surface area contributed by atoms with Gasteiger partial charge in [0.15, 0.2) is 0 Å². The van der Waals surface area contributed by atoms with Gasteiger partial charge >= 0.3 is 0 Å². The number of rotatable bonds is 4. The summed E-state index contributed by atoms with van der Waals surface area (Å²) in [6, 6.07) is 1.82. The third-order valence-electron chi connectivity index (χ3n) is 1.79. The van der Waals surface area contributed by atoms with Gasteiger partial charge in [-0.2, -0.15) is 5.26 Å². The van der Waals surface area contributed by atoms with Crippen molar-refractivity contribution in [3.63, 3.8) is 0 Å². The zero-order chi connectivity index (χ0) is 10.5. The monoisotopic (exact) mass is 184 g/mol. The third kappa shape index (κ3) is 3.90. The van der Waals surface area contributed by atoms with Crippen LogP contribution in [-0.4, -0.2) is 23.7 Å². The van der Waals surface area contributed by atoms with Gasteiger partial charge in [-0.25, -0.2) is 0 Å². The molecule has 0 rings (SSSR count). The lowest BCUT2D eigenvalue weighted by molar-refractivity contribution is -0.127. The molecule has 0 radical (unpaired) electrons. The largest absolute Gasteiger partial charge is 0.396 e. The molecule has 0 saturated heterocycles. The number of nitrogens with zero attached hydrogens (tertiary/aromatic N) is 1. The maximum absolute atomic E-state index is 11.4. The molecule has 0 aliphatic carbocycles. The quantitative estimate of drug-likeness (QED) is 0.665. The van der Waals surface area contributed by atoms with E-state index >= 15 is 0 Å². The first-order valence-corrected chi connectivity index (χ1v) is 4.27. The Morgan fingerprint density at radius 2 is 2.23 bits per heavy atom. The Balaban J connectivity index is 4.09. The van der Waals surface area contributed by atoms with Crippen molar-refractivity contribution in [3.8, 4) is 6.07 Å². The standard InChI is InChI=1S/C9H16N2O2/c1-7(4-5-12)11-8(13)9(2,3)6-10/h7,12H,4-5H2,1-3H3,(H,11,13). The Bertz CT molecular complexity index is 218. The van der Waals surface area contributed by atoms with Gasteiger partial charge in [-0.15, -0.1) is 0 Å². The van der Waals surface area contributed by atoms with E-state index in [1.165, 1.54) is 0 Å². The first-order chi connectivity index (χ1) is 5.94. The Morgan fingerprint density at radius 1 is 1.69 bits per heavy atom. The van der Waals surface area contributed by atoms with Gasteiger partial charge in [0.25, 0.3) is 0 Å². The van der Waals surface area contributed by atoms with Crippen LogP contribution in [0.5, 0.6) is 0 Å². The summed E-state index contributed by atoms with van der Waals surface area (Å²) in [5.41, 5.74) is -0.996. The fraction of sp³-hybridized carbons (Fsp3) is 0.778. The van der Waals surface area contributed by atoms with Crippen LogP contribution in [0, 0.1) is 16.7 Å². The second kappa shape index (κ2) is 4.83. The molecule has 1 amide bonds. The van der Waals surface area contributed by atoms with Crippen LogP contribution in [0.1, 0.15) is 27.2 Å². The van der Waals surface area contributed by atoms with E-state index in [2.05, 4.69) is 5.32 Å². The summed E-state index contributed by atoms with van der Waals surface area (Å²) < 4.78 is 0. The van der Waals surface area contributed by atoms with Crippen molar-refractivity contribution in [1.29, 1.82) is 5.26 Å². The summed E-state index contributed by atoms with van der Waals surface area (Å²) in [5.74, 6) is -0.295. The fourth-order valence-electron chi connectivity index (χ4n) is 0.721. The molecule has 2 N–H and O–H groups in total. The van der Waals surface area contributed by atoms with E-state index in [-0.39, 0.29) is 18.6 Å². The molecule has 0 aromatic rings. The van der Waals surface area contributed by atoms with Crippen LogP contribution in [0.15, 0.2) is 0 Å². The number of hydrogen-bond acceptors (Lipinski definition) is 3. The van der Waals surface area contributed by atoms with Crippen LogP contribution in [0.2, 0.25) is 0 Å². The van der Waals surface area contributed by atoms with Gasteiger partial charge in [-0.3, -0.25) is 4.79 Å². The number of nitrogens with one attached hydrogen (secondary N) is 1. The molecule has 4 nitrogen and oxygen atoms in total. The molecular weight excluding hydrogens is 168 g/mol. The van der Waals surface area contributed by atoms with Gasteiger partial charge in [0.2, 0.25) is 5.91 Å². The molecule has 0 aliphatic heterocycles. The number of amides is 1. The second-order valence-electron chi connectivity index (χ2n) is 3.62. The summed E-state index contributed by atoms with van der Waals surface area (Å²) in [6.07, 6.45) is 0.507. The average Bonchev–Trinajstić information content (AvgIpc) is 2.04. The van der Waals surface area contributed by atoms with Crippen molar-refractivity contribution in [2.24, 2.45) is 5.41 Å². The summed E-state index contributed by atoms with van der Waals surface area (Å²) in [7, 11) is 0. The molecule has 0 heterocycles. The molecule has 0 aliphatic rings. The minimum Gasteiger partial charge on any atom is -0.396 e.